The molecule has 0 N–H and O–H groups in total. The summed E-state index contributed by atoms with van der Waals surface area (Å²) in [6, 6.07) is 9.95. The second kappa shape index (κ2) is 8.88. The summed E-state index contributed by atoms with van der Waals surface area (Å²) in [6.07, 6.45) is 2.73. The third-order valence-corrected chi connectivity index (χ3v) is 8.05. The van der Waals surface area contributed by atoms with Crippen LogP contribution in [-0.4, -0.2) is 41.5 Å². The number of methoxy groups -OCH3 is 1. The smallest absolute Gasteiger partial charge is 0.150 e. The minimum absolute atomic E-state index is 0.118. The molecule has 4 heterocycles. The van der Waals surface area contributed by atoms with Gasteiger partial charge in [0.1, 0.15) is 11.8 Å². The number of thiophene rings is 1. The van der Waals surface area contributed by atoms with E-state index in [9.17, 15) is 4.39 Å². The van der Waals surface area contributed by atoms with Gasteiger partial charge in [-0.05, 0) is 31.9 Å². The van der Waals surface area contributed by atoms with Crippen molar-refractivity contribution >= 4 is 22.9 Å². The molecule has 1 aromatic carbocycles. The summed E-state index contributed by atoms with van der Waals surface area (Å²) in [7, 11) is 1.70. The van der Waals surface area contributed by atoms with Crippen molar-refractivity contribution in [2.24, 2.45) is 0 Å². The summed E-state index contributed by atoms with van der Waals surface area (Å²) in [5, 5.41) is 4.77. The predicted octanol–water partition coefficient (Wildman–Crippen LogP) is 5.57. The van der Waals surface area contributed by atoms with E-state index in [4.69, 9.17) is 26.2 Å². The highest BCUT2D eigenvalue weighted by molar-refractivity contribution is 7.16. The summed E-state index contributed by atoms with van der Waals surface area (Å²) in [4.78, 5) is 3.42. The van der Waals surface area contributed by atoms with E-state index in [0.717, 1.165) is 59.9 Å². The molecule has 8 heteroatoms. The van der Waals surface area contributed by atoms with Gasteiger partial charge in [-0.25, -0.2) is 9.07 Å². The topological polar surface area (TPSA) is 39.5 Å². The molecule has 170 valence electrons. The summed E-state index contributed by atoms with van der Waals surface area (Å²) in [5.41, 5.74) is 4.71. The molecular formula is C24H27ClFN3O2S. The van der Waals surface area contributed by atoms with Crippen molar-refractivity contribution in [3.05, 3.63) is 68.1 Å². The van der Waals surface area contributed by atoms with Crippen LogP contribution in [0.3, 0.4) is 0 Å². The van der Waals surface area contributed by atoms with Gasteiger partial charge in [-0.15, -0.1) is 11.3 Å². The van der Waals surface area contributed by atoms with Crippen LogP contribution in [0.4, 0.5) is 4.39 Å². The zero-order chi connectivity index (χ0) is 22.3. The van der Waals surface area contributed by atoms with Crippen LogP contribution in [0.25, 0.3) is 5.69 Å². The highest BCUT2D eigenvalue weighted by Crippen LogP contribution is 2.50. The van der Waals surface area contributed by atoms with Crippen molar-refractivity contribution in [2.75, 3.05) is 26.8 Å². The van der Waals surface area contributed by atoms with E-state index in [1.807, 2.05) is 16.8 Å². The third-order valence-electron chi connectivity index (χ3n) is 6.58. The Balaban J connectivity index is 1.30. The summed E-state index contributed by atoms with van der Waals surface area (Å²) < 4.78 is 28.4. The fourth-order valence-corrected chi connectivity index (χ4v) is 6.30. The van der Waals surface area contributed by atoms with Crippen molar-refractivity contribution in [1.29, 1.82) is 0 Å². The van der Waals surface area contributed by atoms with Gasteiger partial charge in [0, 0.05) is 54.5 Å². The lowest BCUT2D eigenvalue weighted by Gasteiger charge is -2.44. The molecule has 2 aromatic heterocycles. The first-order chi connectivity index (χ1) is 15.5. The molecular weight excluding hydrogens is 449 g/mol. The molecule has 0 saturated carbocycles. The number of alkyl halides is 1. The van der Waals surface area contributed by atoms with Crippen LogP contribution >= 0.6 is 22.9 Å². The highest BCUT2D eigenvalue weighted by Gasteiger charge is 2.45. The van der Waals surface area contributed by atoms with Gasteiger partial charge in [0.25, 0.3) is 0 Å². The van der Waals surface area contributed by atoms with E-state index in [1.165, 1.54) is 16.9 Å². The Morgan fingerprint density at radius 1 is 1.28 bits per heavy atom. The van der Waals surface area contributed by atoms with Crippen molar-refractivity contribution in [1.82, 2.24) is 14.7 Å². The van der Waals surface area contributed by atoms with E-state index in [0.29, 0.717) is 10.9 Å². The van der Waals surface area contributed by atoms with Gasteiger partial charge in [-0.2, -0.15) is 5.10 Å². The van der Waals surface area contributed by atoms with Gasteiger partial charge in [0.05, 0.1) is 28.9 Å². The minimum Gasteiger partial charge on any atom is -0.380 e. The summed E-state index contributed by atoms with van der Waals surface area (Å²) in [6.45, 7) is 5.33. The Kier molecular flexibility index (Phi) is 6.11. The number of piperidine rings is 1. The van der Waals surface area contributed by atoms with Crippen LogP contribution in [0.2, 0.25) is 4.34 Å². The molecule has 3 aromatic rings. The molecule has 1 atom stereocenters. The molecule has 1 spiro atoms. The van der Waals surface area contributed by atoms with Crippen molar-refractivity contribution in [2.45, 2.75) is 44.7 Å². The molecule has 32 heavy (non-hydrogen) atoms. The summed E-state index contributed by atoms with van der Waals surface area (Å²) in [5.74, 6) is 0. The minimum atomic E-state index is -1.08. The van der Waals surface area contributed by atoms with Crippen LogP contribution in [-0.2, 0) is 28.2 Å². The number of benzene rings is 1. The van der Waals surface area contributed by atoms with Crippen molar-refractivity contribution < 1.29 is 13.9 Å². The van der Waals surface area contributed by atoms with Gasteiger partial charge < -0.3 is 9.47 Å². The quantitative estimate of drug-likeness (QED) is 0.483. The number of rotatable bonds is 5. The van der Waals surface area contributed by atoms with E-state index >= 15 is 0 Å². The highest BCUT2D eigenvalue weighted by atomic mass is 35.5. The number of fused-ring (bicyclic) bond motifs is 2. The Morgan fingerprint density at radius 2 is 2.06 bits per heavy atom. The average molecular weight is 476 g/mol. The number of aromatic nitrogens is 2. The maximum atomic E-state index is 14.4. The molecule has 0 aliphatic carbocycles. The third kappa shape index (κ3) is 4.01. The first kappa shape index (κ1) is 22.0. The van der Waals surface area contributed by atoms with E-state index < -0.39 is 11.8 Å². The SMILES string of the molecule is COCc1ccccc1-n1cc(CN2CCC3(CC2)OCC(F)c2cc(Cl)sc23)c(C)n1. The lowest BCUT2D eigenvalue weighted by atomic mass is 9.85. The number of hydrogen-bond donors (Lipinski definition) is 0. The first-order valence-electron chi connectivity index (χ1n) is 10.9. The van der Waals surface area contributed by atoms with Crippen LogP contribution in [0.15, 0.2) is 36.5 Å². The molecule has 2 aliphatic heterocycles. The van der Waals surface area contributed by atoms with Gasteiger partial charge in [-0.3, -0.25) is 4.90 Å². The predicted molar refractivity (Wildman–Crippen MR) is 124 cm³/mol. The molecule has 5 nitrogen and oxygen atoms in total. The zero-order valence-electron chi connectivity index (χ0n) is 18.3. The molecule has 5 rings (SSSR count). The van der Waals surface area contributed by atoms with Crippen LogP contribution in [0.5, 0.6) is 0 Å². The molecule has 0 radical (unpaired) electrons. The summed E-state index contributed by atoms with van der Waals surface area (Å²) >= 11 is 7.70. The number of aryl methyl sites for hydroxylation is 1. The number of nitrogens with zero attached hydrogens (tertiary/aromatic N) is 3. The number of halogens is 2. The van der Waals surface area contributed by atoms with Crippen LogP contribution in [0.1, 0.15) is 46.3 Å². The van der Waals surface area contributed by atoms with Crippen molar-refractivity contribution in [3.63, 3.8) is 0 Å². The number of likely N-dealkylation sites (tertiary alicyclic amines) is 1. The van der Waals surface area contributed by atoms with Gasteiger partial charge >= 0.3 is 0 Å². The monoisotopic (exact) mass is 475 g/mol. The lowest BCUT2D eigenvalue weighted by molar-refractivity contribution is -0.116. The number of hydrogen-bond acceptors (Lipinski definition) is 5. The largest absolute Gasteiger partial charge is 0.380 e. The van der Waals surface area contributed by atoms with E-state index in [1.54, 1.807) is 13.2 Å². The van der Waals surface area contributed by atoms with Gasteiger partial charge in [-0.1, -0.05) is 29.8 Å². The fraction of sp³-hybridized carbons (Fsp3) is 0.458. The molecule has 1 saturated heterocycles. The molecule has 1 unspecified atom stereocenters. The Labute approximate surface area is 196 Å². The average Bonchev–Trinajstić information content (AvgIpc) is 3.37. The Morgan fingerprint density at radius 3 is 2.84 bits per heavy atom. The fourth-order valence-electron chi connectivity index (χ4n) is 4.82. The van der Waals surface area contributed by atoms with Gasteiger partial charge in [0.15, 0.2) is 0 Å². The van der Waals surface area contributed by atoms with Crippen LogP contribution < -0.4 is 0 Å². The van der Waals surface area contributed by atoms with E-state index in [-0.39, 0.29) is 6.61 Å². The maximum Gasteiger partial charge on any atom is 0.150 e. The molecule has 2 aliphatic rings. The zero-order valence-corrected chi connectivity index (χ0v) is 19.9. The normalized spacial score (nSPS) is 20.6. The number of para-hydroxylation sites is 1. The molecule has 1 fully saturated rings. The Hall–Kier alpha value is -1.77. The second-order valence-corrected chi connectivity index (χ2v) is 10.3. The van der Waals surface area contributed by atoms with E-state index in [2.05, 4.69) is 30.2 Å². The second-order valence-electron chi connectivity index (χ2n) is 8.63. The Bertz CT molecular complexity index is 1110. The molecule has 0 bridgehead atoms. The van der Waals surface area contributed by atoms with Crippen LogP contribution in [0, 0.1) is 6.92 Å². The maximum absolute atomic E-state index is 14.4. The standard InChI is InChI=1S/C24H27ClFN3O2S/c1-16-18(13-29(27-16)21-6-4-3-5-17(21)14-30-2)12-28-9-7-24(8-10-28)23-19(11-22(25)32-23)20(26)15-31-24/h3-6,11,13,20H,7-10,12,14-15H2,1-2H3. The van der Waals surface area contributed by atoms with Gasteiger partial charge in [0.2, 0.25) is 0 Å². The lowest BCUT2D eigenvalue weighted by Crippen LogP contribution is -2.46. The number of ether oxygens (including phenoxy) is 2. The molecule has 0 amide bonds. The van der Waals surface area contributed by atoms with Crippen molar-refractivity contribution in [3.8, 4) is 5.69 Å². The first-order valence-corrected chi connectivity index (χ1v) is 12.1.